The van der Waals surface area contributed by atoms with Gasteiger partial charge < -0.3 is 10.6 Å². The highest BCUT2D eigenvalue weighted by Crippen LogP contribution is 2.07. The third kappa shape index (κ3) is 6.86. The quantitative estimate of drug-likeness (QED) is 0.298. The molecule has 1 aromatic carbocycles. The van der Waals surface area contributed by atoms with Crippen molar-refractivity contribution < 1.29 is 4.39 Å². The van der Waals surface area contributed by atoms with Crippen LogP contribution in [-0.4, -0.2) is 28.8 Å². The summed E-state index contributed by atoms with van der Waals surface area (Å²) >= 11 is 0. The summed E-state index contributed by atoms with van der Waals surface area (Å²) in [6.45, 7) is 3.91. The molecule has 2 N–H and O–H groups in total. The molecule has 0 aliphatic heterocycles. The molecule has 1 heterocycles. The van der Waals surface area contributed by atoms with Gasteiger partial charge in [0.25, 0.3) is 0 Å². The van der Waals surface area contributed by atoms with Crippen molar-refractivity contribution in [2.24, 2.45) is 12.0 Å². The smallest absolute Gasteiger partial charge is 0.191 e. The Kier molecular flexibility index (Phi) is 9.36. The maximum absolute atomic E-state index is 13.6. The second kappa shape index (κ2) is 11.0. The fourth-order valence-electron chi connectivity index (χ4n) is 2.23. The maximum Gasteiger partial charge on any atom is 0.191 e. The Balaban J connectivity index is 0.00000288. The van der Waals surface area contributed by atoms with Crippen molar-refractivity contribution in [3.05, 3.63) is 53.6 Å². The normalized spacial score (nSPS) is 11.0. The van der Waals surface area contributed by atoms with Crippen molar-refractivity contribution in [1.29, 1.82) is 0 Å². The van der Waals surface area contributed by atoms with Crippen molar-refractivity contribution in [1.82, 2.24) is 20.4 Å². The van der Waals surface area contributed by atoms with Gasteiger partial charge in [0.1, 0.15) is 5.82 Å². The second-order valence-corrected chi connectivity index (χ2v) is 5.34. The summed E-state index contributed by atoms with van der Waals surface area (Å²) in [4.78, 5) is 4.43. The summed E-state index contributed by atoms with van der Waals surface area (Å²) in [5.74, 6) is 0.491. The van der Waals surface area contributed by atoms with Crippen molar-refractivity contribution in [2.45, 2.75) is 26.3 Å². The van der Waals surface area contributed by atoms with Crippen LogP contribution in [0.4, 0.5) is 4.39 Å². The first kappa shape index (κ1) is 20.4. The molecule has 0 aliphatic rings. The number of guanidine groups is 1. The molecule has 2 rings (SSSR count). The van der Waals surface area contributed by atoms with Crippen LogP contribution in [0.15, 0.2) is 41.7 Å². The largest absolute Gasteiger partial charge is 0.357 e. The first-order chi connectivity index (χ1) is 11.2. The van der Waals surface area contributed by atoms with Crippen LogP contribution in [0.25, 0.3) is 0 Å². The van der Waals surface area contributed by atoms with E-state index in [1.165, 1.54) is 11.6 Å². The Morgan fingerprint density at radius 2 is 2.08 bits per heavy atom. The number of nitrogens with one attached hydrogen (secondary N) is 2. The molecule has 0 bridgehead atoms. The van der Waals surface area contributed by atoms with E-state index in [9.17, 15) is 4.39 Å². The van der Waals surface area contributed by atoms with Crippen molar-refractivity contribution in [3.63, 3.8) is 0 Å². The van der Waals surface area contributed by atoms with Crippen molar-refractivity contribution in [2.75, 3.05) is 13.1 Å². The van der Waals surface area contributed by atoms with Gasteiger partial charge in [-0.1, -0.05) is 18.2 Å². The van der Waals surface area contributed by atoms with E-state index in [1.807, 2.05) is 37.1 Å². The van der Waals surface area contributed by atoms with Crippen LogP contribution in [0.5, 0.6) is 0 Å². The van der Waals surface area contributed by atoms with Gasteiger partial charge in [0.05, 0.1) is 12.7 Å². The summed E-state index contributed by atoms with van der Waals surface area (Å²) in [6, 6.07) is 6.72. The van der Waals surface area contributed by atoms with Crippen molar-refractivity contribution in [3.8, 4) is 0 Å². The minimum Gasteiger partial charge on any atom is -0.357 e. The minimum atomic E-state index is -0.219. The molecule has 2 aromatic rings. The van der Waals surface area contributed by atoms with Crippen molar-refractivity contribution >= 4 is 29.9 Å². The average Bonchev–Trinajstić information content (AvgIpc) is 2.96. The average molecular weight is 445 g/mol. The minimum absolute atomic E-state index is 0. The van der Waals surface area contributed by atoms with Gasteiger partial charge in [-0.3, -0.25) is 4.68 Å². The summed E-state index contributed by atoms with van der Waals surface area (Å²) in [7, 11) is 1.92. The van der Waals surface area contributed by atoms with E-state index in [2.05, 4.69) is 20.7 Å². The molecular weight excluding hydrogens is 420 g/mol. The van der Waals surface area contributed by atoms with Gasteiger partial charge in [-0.2, -0.15) is 5.10 Å². The second-order valence-electron chi connectivity index (χ2n) is 5.34. The van der Waals surface area contributed by atoms with E-state index >= 15 is 0 Å². The van der Waals surface area contributed by atoms with Crippen LogP contribution in [0.1, 0.15) is 24.5 Å². The van der Waals surface area contributed by atoms with E-state index in [4.69, 9.17) is 0 Å². The lowest BCUT2D eigenvalue weighted by atomic mass is 10.2. The number of hydrogen-bond acceptors (Lipinski definition) is 2. The zero-order chi connectivity index (χ0) is 16.5. The highest BCUT2D eigenvalue weighted by atomic mass is 127. The zero-order valence-electron chi connectivity index (χ0n) is 14.1. The van der Waals surface area contributed by atoms with Gasteiger partial charge in [-0.25, -0.2) is 9.38 Å². The highest BCUT2D eigenvalue weighted by Gasteiger charge is 2.02. The molecule has 0 unspecified atom stereocenters. The Labute approximate surface area is 159 Å². The lowest BCUT2D eigenvalue weighted by Gasteiger charge is -2.11. The topological polar surface area (TPSA) is 54.2 Å². The first-order valence-corrected chi connectivity index (χ1v) is 7.92. The molecule has 0 spiro atoms. The summed E-state index contributed by atoms with van der Waals surface area (Å²) in [5, 5.41) is 10.6. The number of aromatic nitrogens is 2. The summed E-state index contributed by atoms with van der Waals surface area (Å²) < 4.78 is 15.4. The maximum atomic E-state index is 13.6. The van der Waals surface area contributed by atoms with Crippen LogP contribution in [0.3, 0.4) is 0 Å². The Bertz CT molecular complexity index is 641. The van der Waals surface area contributed by atoms with Crippen LogP contribution in [0.2, 0.25) is 0 Å². The number of benzene rings is 1. The van der Waals surface area contributed by atoms with Gasteiger partial charge >= 0.3 is 0 Å². The molecule has 0 saturated heterocycles. The van der Waals surface area contributed by atoms with E-state index in [0.717, 1.165) is 25.9 Å². The SMILES string of the molecule is CCNC(=NCc1ccccc1F)NCCCc1cnn(C)c1.I. The number of halogens is 2. The Morgan fingerprint density at radius 1 is 1.29 bits per heavy atom. The molecule has 0 atom stereocenters. The third-order valence-electron chi connectivity index (χ3n) is 3.40. The summed E-state index contributed by atoms with van der Waals surface area (Å²) in [6.07, 6.45) is 5.86. The highest BCUT2D eigenvalue weighted by molar-refractivity contribution is 14.0. The van der Waals surface area contributed by atoms with E-state index in [1.54, 1.807) is 12.1 Å². The van der Waals surface area contributed by atoms with Gasteiger partial charge in [-0.05, 0) is 31.4 Å². The molecule has 0 saturated carbocycles. The van der Waals surface area contributed by atoms with Gasteiger partial charge in [0, 0.05) is 31.9 Å². The van der Waals surface area contributed by atoms with E-state index in [-0.39, 0.29) is 29.8 Å². The molecule has 1 aromatic heterocycles. The third-order valence-corrected chi connectivity index (χ3v) is 3.40. The predicted molar refractivity (Wildman–Crippen MR) is 106 cm³/mol. The molecule has 24 heavy (non-hydrogen) atoms. The number of rotatable bonds is 7. The molecule has 7 heteroatoms. The van der Waals surface area contributed by atoms with E-state index < -0.39 is 0 Å². The van der Waals surface area contributed by atoms with E-state index in [0.29, 0.717) is 18.1 Å². The van der Waals surface area contributed by atoms with Gasteiger partial charge in [0.2, 0.25) is 0 Å². The van der Waals surface area contributed by atoms with Crippen LogP contribution >= 0.6 is 24.0 Å². The number of aryl methyl sites for hydroxylation is 2. The first-order valence-electron chi connectivity index (χ1n) is 7.92. The lowest BCUT2D eigenvalue weighted by molar-refractivity contribution is 0.610. The monoisotopic (exact) mass is 445 g/mol. The molecule has 0 fully saturated rings. The van der Waals surface area contributed by atoms with Gasteiger partial charge in [-0.15, -0.1) is 24.0 Å². The van der Waals surface area contributed by atoms with Gasteiger partial charge in [0.15, 0.2) is 5.96 Å². The predicted octanol–water partition coefficient (Wildman–Crippen LogP) is 2.87. The Morgan fingerprint density at radius 3 is 2.75 bits per heavy atom. The number of nitrogens with zero attached hydrogens (tertiary/aromatic N) is 3. The van der Waals surface area contributed by atoms with Crippen LogP contribution < -0.4 is 10.6 Å². The standard InChI is InChI=1S/C17H24FN5.HI/c1-3-19-17(21-12-15-8-4-5-9-16(15)18)20-10-6-7-14-11-22-23(2)13-14;/h4-5,8-9,11,13H,3,6-7,10,12H2,1-2H3,(H2,19,20,21);1H. The Hall–Kier alpha value is -1.64. The van der Waals surface area contributed by atoms with Crippen LogP contribution in [-0.2, 0) is 20.0 Å². The number of hydrogen-bond donors (Lipinski definition) is 2. The summed E-state index contributed by atoms with van der Waals surface area (Å²) in [5.41, 5.74) is 1.82. The lowest BCUT2D eigenvalue weighted by Crippen LogP contribution is -2.37. The fourth-order valence-corrected chi connectivity index (χ4v) is 2.23. The fraction of sp³-hybridized carbons (Fsp3) is 0.412. The molecule has 0 radical (unpaired) electrons. The molecule has 0 aliphatic carbocycles. The molecule has 0 amide bonds. The molecule has 132 valence electrons. The van der Waals surface area contributed by atoms with Crippen LogP contribution in [0, 0.1) is 5.82 Å². The molecule has 5 nitrogen and oxygen atoms in total. The zero-order valence-corrected chi connectivity index (χ0v) is 16.5. The molecular formula is C17H25FIN5. The number of aliphatic imine (C=N–C) groups is 1.